The Morgan fingerprint density at radius 3 is 2.68 bits per heavy atom. The van der Waals surface area contributed by atoms with Crippen molar-refractivity contribution < 1.29 is 4.79 Å². The fourth-order valence-electron chi connectivity index (χ4n) is 2.70. The number of aromatic nitrogens is 4. The van der Waals surface area contributed by atoms with Crippen molar-refractivity contribution in [2.45, 2.75) is 11.2 Å². The van der Waals surface area contributed by atoms with Gasteiger partial charge in [-0.05, 0) is 29.1 Å². The van der Waals surface area contributed by atoms with Gasteiger partial charge in [-0.1, -0.05) is 48.2 Å². The Kier molecular flexibility index (Phi) is 5.79. The van der Waals surface area contributed by atoms with Crippen LogP contribution in [0.15, 0.2) is 77.5 Å². The Hall–Kier alpha value is -2.97. The highest BCUT2D eigenvalue weighted by atomic mass is 32.2. The molecule has 4 rings (SSSR count). The normalized spacial score (nSPS) is 11.9. The number of thiophene rings is 1. The van der Waals surface area contributed by atoms with Crippen LogP contribution in [0.25, 0.3) is 11.4 Å². The van der Waals surface area contributed by atoms with Gasteiger partial charge >= 0.3 is 0 Å². The highest BCUT2D eigenvalue weighted by Gasteiger charge is 2.18. The second-order valence-corrected chi connectivity index (χ2v) is 7.84. The van der Waals surface area contributed by atoms with Crippen LogP contribution >= 0.6 is 23.1 Å². The Labute approximate surface area is 170 Å². The van der Waals surface area contributed by atoms with Crippen LogP contribution in [-0.4, -0.2) is 31.8 Å². The molecule has 1 atom stereocenters. The molecule has 2 N–H and O–H groups in total. The molecule has 28 heavy (non-hydrogen) atoms. The van der Waals surface area contributed by atoms with Crippen LogP contribution < -0.4 is 5.32 Å². The Balaban J connectivity index is 1.40. The number of rotatable bonds is 7. The number of carbonyl (C=O) groups is 1. The fraction of sp³-hybridized carbons (Fsp3) is 0.100. The van der Waals surface area contributed by atoms with Crippen LogP contribution in [0.1, 0.15) is 16.5 Å². The number of nitrogens with zero attached hydrogens (tertiary/aromatic N) is 3. The van der Waals surface area contributed by atoms with Crippen molar-refractivity contribution in [2.75, 3.05) is 5.75 Å². The summed E-state index contributed by atoms with van der Waals surface area (Å²) in [5.41, 5.74) is 1.96. The lowest BCUT2D eigenvalue weighted by Gasteiger charge is -2.17. The van der Waals surface area contributed by atoms with Gasteiger partial charge in [0.25, 0.3) is 0 Å². The summed E-state index contributed by atoms with van der Waals surface area (Å²) in [4.78, 5) is 22.1. The number of nitrogens with one attached hydrogen (secondary N) is 2. The number of hydrogen-bond acceptors (Lipinski definition) is 6. The molecule has 4 aromatic rings. The lowest BCUT2D eigenvalue weighted by molar-refractivity contribution is -0.119. The van der Waals surface area contributed by atoms with Crippen molar-refractivity contribution >= 4 is 29.0 Å². The number of carbonyl (C=O) groups excluding carboxylic acids is 1. The first-order valence-electron chi connectivity index (χ1n) is 8.63. The molecule has 0 bridgehead atoms. The summed E-state index contributed by atoms with van der Waals surface area (Å²) in [5, 5.41) is 12.7. The van der Waals surface area contributed by atoms with Gasteiger partial charge in [-0.3, -0.25) is 14.9 Å². The largest absolute Gasteiger partial charge is 0.344 e. The maximum absolute atomic E-state index is 12.6. The SMILES string of the molecule is O=C(CSc1n[nH]c(-c2ccncc2)n1)NC(c1ccccc1)c1cccs1. The van der Waals surface area contributed by atoms with Gasteiger partial charge in [0.05, 0.1) is 11.8 Å². The van der Waals surface area contributed by atoms with Crippen LogP contribution in [0.2, 0.25) is 0 Å². The number of aromatic amines is 1. The molecule has 0 radical (unpaired) electrons. The van der Waals surface area contributed by atoms with Crippen LogP contribution in [0.3, 0.4) is 0 Å². The maximum atomic E-state index is 12.6. The fourth-order valence-corrected chi connectivity index (χ4v) is 4.11. The van der Waals surface area contributed by atoms with Gasteiger partial charge in [0.2, 0.25) is 11.1 Å². The van der Waals surface area contributed by atoms with Crippen LogP contribution in [-0.2, 0) is 4.79 Å². The van der Waals surface area contributed by atoms with Gasteiger partial charge in [0.15, 0.2) is 5.82 Å². The third-order valence-corrected chi connectivity index (χ3v) is 5.80. The number of benzene rings is 1. The molecular formula is C20H17N5OS2. The monoisotopic (exact) mass is 407 g/mol. The van der Waals surface area contributed by atoms with E-state index < -0.39 is 0 Å². The first kappa shape index (κ1) is 18.4. The molecule has 6 nitrogen and oxygen atoms in total. The predicted octanol–water partition coefficient (Wildman–Crippen LogP) is 3.93. The van der Waals surface area contributed by atoms with E-state index in [1.807, 2.05) is 60.0 Å². The van der Waals surface area contributed by atoms with Crippen molar-refractivity contribution in [3.8, 4) is 11.4 Å². The standard InChI is InChI=1S/C20H17N5OS2/c26-17(13-28-20-23-19(24-25-20)15-8-10-21-11-9-15)22-18(16-7-4-12-27-16)14-5-2-1-3-6-14/h1-12,18H,13H2,(H,22,26)(H,23,24,25). The zero-order valence-corrected chi connectivity index (χ0v) is 16.4. The topological polar surface area (TPSA) is 83.6 Å². The molecule has 3 aromatic heterocycles. The molecule has 8 heteroatoms. The smallest absolute Gasteiger partial charge is 0.231 e. The van der Waals surface area contributed by atoms with Crippen LogP contribution in [0.5, 0.6) is 0 Å². The lowest BCUT2D eigenvalue weighted by Crippen LogP contribution is -2.30. The number of pyridine rings is 1. The first-order chi connectivity index (χ1) is 13.8. The van der Waals surface area contributed by atoms with E-state index in [-0.39, 0.29) is 17.7 Å². The van der Waals surface area contributed by atoms with E-state index in [0.717, 1.165) is 16.0 Å². The Morgan fingerprint density at radius 1 is 1.11 bits per heavy atom. The number of hydrogen-bond donors (Lipinski definition) is 2. The van der Waals surface area contributed by atoms with Gasteiger partial charge < -0.3 is 5.32 Å². The quantitative estimate of drug-likeness (QED) is 0.454. The van der Waals surface area contributed by atoms with Crippen molar-refractivity contribution in [3.63, 3.8) is 0 Å². The molecule has 0 fully saturated rings. The van der Waals surface area contributed by atoms with Crippen molar-refractivity contribution in [3.05, 3.63) is 82.8 Å². The molecular weight excluding hydrogens is 390 g/mol. The number of thioether (sulfide) groups is 1. The van der Waals surface area contributed by atoms with Crippen LogP contribution in [0, 0.1) is 0 Å². The van der Waals surface area contributed by atoms with E-state index >= 15 is 0 Å². The van der Waals surface area contributed by atoms with Gasteiger partial charge in [0.1, 0.15) is 0 Å². The van der Waals surface area contributed by atoms with E-state index in [1.54, 1.807) is 23.7 Å². The summed E-state index contributed by atoms with van der Waals surface area (Å²) in [6.07, 6.45) is 3.40. The van der Waals surface area contributed by atoms with Gasteiger partial charge in [0, 0.05) is 22.8 Å². The molecule has 1 aromatic carbocycles. The highest BCUT2D eigenvalue weighted by Crippen LogP contribution is 2.26. The molecule has 0 aliphatic carbocycles. The summed E-state index contributed by atoms with van der Waals surface area (Å²) in [7, 11) is 0. The molecule has 0 aliphatic heterocycles. The average Bonchev–Trinajstić information content (AvgIpc) is 3.44. The molecule has 0 saturated carbocycles. The van der Waals surface area contributed by atoms with E-state index in [1.165, 1.54) is 11.8 Å². The van der Waals surface area contributed by atoms with Crippen molar-refractivity contribution in [2.24, 2.45) is 0 Å². The van der Waals surface area contributed by atoms with Gasteiger partial charge in [-0.25, -0.2) is 4.98 Å². The molecule has 0 spiro atoms. The van der Waals surface area contributed by atoms with E-state index in [9.17, 15) is 4.79 Å². The molecule has 140 valence electrons. The third-order valence-electron chi connectivity index (χ3n) is 4.02. The zero-order valence-electron chi connectivity index (χ0n) is 14.8. The highest BCUT2D eigenvalue weighted by molar-refractivity contribution is 7.99. The maximum Gasteiger partial charge on any atom is 0.231 e. The molecule has 0 saturated heterocycles. The predicted molar refractivity (Wildman–Crippen MR) is 111 cm³/mol. The Bertz CT molecular complexity index is 1020. The summed E-state index contributed by atoms with van der Waals surface area (Å²) in [6, 6.07) is 17.5. The zero-order chi connectivity index (χ0) is 19.2. The summed E-state index contributed by atoms with van der Waals surface area (Å²) < 4.78 is 0. The second-order valence-electron chi connectivity index (χ2n) is 5.92. The second kappa shape index (κ2) is 8.81. The minimum atomic E-state index is -0.158. The van der Waals surface area contributed by atoms with E-state index in [4.69, 9.17) is 0 Å². The van der Waals surface area contributed by atoms with Crippen molar-refractivity contribution in [1.82, 2.24) is 25.5 Å². The summed E-state index contributed by atoms with van der Waals surface area (Å²) >= 11 is 2.93. The molecule has 1 amide bonds. The first-order valence-corrected chi connectivity index (χ1v) is 10.5. The molecule has 0 aliphatic rings. The van der Waals surface area contributed by atoms with Crippen LogP contribution in [0.4, 0.5) is 0 Å². The third kappa shape index (κ3) is 4.47. The number of amides is 1. The number of H-pyrrole nitrogens is 1. The molecule has 3 heterocycles. The minimum Gasteiger partial charge on any atom is -0.344 e. The van der Waals surface area contributed by atoms with E-state index in [0.29, 0.717) is 11.0 Å². The van der Waals surface area contributed by atoms with Gasteiger partial charge in [-0.15, -0.1) is 16.4 Å². The summed E-state index contributed by atoms with van der Waals surface area (Å²) in [6.45, 7) is 0. The Morgan fingerprint density at radius 2 is 1.93 bits per heavy atom. The average molecular weight is 408 g/mol. The van der Waals surface area contributed by atoms with Crippen molar-refractivity contribution in [1.29, 1.82) is 0 Å². The summed E-state index contributed by atoms with van der Waals surface area (Å²) in [5.74, 6) is 0.830. The minimum absolute atomic E-state index is 0.0671. The van der Waals surface area contributed by atoms with Gasteiger partial charge in [-0.2, -0.15) is 0 Å². The molecule has 1 unspecified atom stereocenters. The lowest BCUT2D eigenvalue weighted by atomic mass is 10.1. The van der Waals surface area contributed by atoms with E-state index in [2.05, 4.69) is 25.5 Å².